The number of benzene rings is 2. The minimum absolute atomic E-state index is 0.253. The highest BCUT2D eigenvalue weighted by atomic mass is 79.9. The third kappa shape index (κ3) is 6.00. The average Bonchev–Trinajstić information content (AvgIpc) is 2.58. The van der Waals surface area contributed by atoms with Crippen molar-refractivity contribution >= 4 is 39.4 Å². The molecule has 6 nitrogen and oxygen atoms in total. The molecule has 2 aromatic carbocycles. The highest BCUT2D eigenvalue weighted by molar-refractivity contribution is 9.10. The van der Waals surface area contributed by atoms with Crippen molar-refractivity contribution in [2.24, 2.45) is 0 Å². The molecular formula is C17H14BrFN2O4. The van der Waals surface area contributed by atoms with E-state index in [9.17, 15) is 18.8 Å². The van der Waals surface area contributed by atoms with Gasteiger partial charge in [-0.1, -0.05) is 18.2 Å². The summed E-state index contributed by atoms with van der Waals surface area (Å²) in [6, 6.07) is 12.1. The van der Waals surface area contributed by atoms with Gasteiger partial charge in [-0.2, -0.15) is 0 Å². The van der Waals surface area contributed by atoms with Crippen LogP contribution in [0.4, 0.5) is 10.1 Å². The molecule has 2 amide bonds. The topological polar surface area (TPSA) is 84.5 Å². The molecular weight excluding hydrogens is 395 g/mol. The van der Waals surface area contributed by atoms with E-state index in [0.717, 1.165) is 6.07 Å². The first kappa shape index (κ1) is 18.6. The number of nitrogens with one attached hydrogen (secondary N) is 2. The summed E-state index contributed by atoms with van der Waals surface area (Å²) in [5.74, 6) is -2.33. The molecule has 2 aromatic rings. The summed E-state index contributed by atoms with van der Waals surface area (Å²) in [7, 11) is 0. The lowest BCUT2D eigenvalue weighted by atomic mass is 10.2. The Morgan fingerprint density at radius 2 is 1.84 bits per heavy atom. The Hall–Kier alpha value is -2.74. The molecule has 0 heterocycles. The second-order valence-corrected chi connectivity index (χ2v) is 5.74. The van der Waals surface area contributed by atoms with E-state index in [0.29, 0.717) is 10.0 Å². The maximum absolute atomic E-state index is 13.0. The molecule has 2 N–H and O–H groups in total. The third-order valence-electron chi connectivity index (χ3n) is 2.98. The molecule has 0 aromatic heterocycles. The Balaban J connectivity index is 1.74. The van der Waals surface area contributed by atoms with Crippen molar-refractivity contribution in [2.75, 3.05) is 18.5 Å². The monoisotopic (exact) mass is 408 g/mol. The van der Waals surface area contributed by atoms with Crippen molar-refractivity contribution in [1.29, 1.82) is 0 Å². The summed E-state index contributed by atoms with van der Waals surface area (Å²) in [6.45, 7) is -0.923. The molecule has 0 bridgehead atoms. The normalized spacial score (nSPS) is 10.0. The fourth-order valence-corrected chi connectivity index (χ4v) is 2.32. The molecule has 0 spiro atoms. The van der Waals surface area contributed by atoms with Crippen LogP contribution in [0.15, 0.2) is 53.0 Å². The van der Waals surface area contributed by atoms with Crippen molar-refractivity contribution in [2.45, 2.75) is 0 Å². The number of carbonyl (C=O) groups is 3. The molecule has 0 fully saturated rings. The number of anilines is 1. The first-order chi connectivity index (χ1) is 12.0. The summed E-state index contributed by atoms with van der Waals surface area (Å²) in [6.07, 6.45) is 0. The van der Waals surface area contributed by atoms with Gasteiger partial charge in [0.25, 0.3) is 11.8 Å². The first-order valence-corrected chi connectivity index (χ1v) is 7.99. The number of esters is 1. The van der Waals surface area contributed by atoms with Crippen molar-refractivity contribution in [1.82, 2.24) is 5.32 Å². The standard InChI is InChI=1S/C17H14BrFN2O4/c18-14-7-2-1-6-13(14)17(24)20-9-16(23)25-10-15(22)21-12-5-3-4-11(19)8-12/h1-8H,9-10H2,(H,20,24)(H,21,22). The van der Waals surface area contributed by atoms with E-state index in [1.165, 1.54) is 18.2 Å². The number of amides is 2. The highest BCUT2D eigenvalue weighted by Crippen LogP contribution is 2.15. The molecule has 130 valence electrons. The van der Waals surface area contributed by atoms with Gasteiger partial charge in [0.1, 0.15) is 12.4 Å². The summed E-state index contributed by atoms with van der Waals surface area (Å²) in [5, 5.41) is 4.78. The molecule has 0 atom stereocenters. The van der Waals surface area contributed by atoms with E-state index >= 15 is 0 Å². The molecule has 0 saturated carbocycles. The quantitative estimate of drug-likeness (QED) is 0.719. The molecule has 8 heteroatoms. The smallest absolute Gasteiger partial charge is 0.325 e. The van der Waals surface area contributed by atoms with Gasteiger partial charge in [0.15, 0.2) is 6.61 Å². The second kappa shape index (κ2) is 8.93. The Bertz CT molecular complexity index is 798. The van der Waals surface area contributed by atoms with E-state index in [-0.39, 0.29) is 12.2 Å². The minimum atomic E-state index is -0.769. The molecule has 0 aliphatic heterocycles. The molecule has 25 heavy (non-hydrogen) atoms. The molecule has 0 unspecified atom stereocenters. The van der Waals surface area contributed by atoms with Crippen molar-refractivity contribution in [3.8, 4) is 0 Å². The van der Waals surface area contributed by atoms with Gasteiger partial charge in [-0.15, -0.1) is 0 Å². The number of hydrogen-bond donors (Lipinski definition) is 2. The van der Waals surface area contributed by atoms with Crippen LogP contribution in [0.1, 0.15) is 10.4 Å². The fraction of sp³-hybridized carbons (Fsp3) is 0.118. The third-order valence-corrected chi connectivity index (χ3v) is 3.68. The van der Waals surface area contributed by atoms with E-state index in [2.05, 4.69) is 26.6 Å². The Morgan fingerprint density at radius 3 is 2.56 bits per heavy atom. The number of halogens is 2. The van der Waals surface area contributed by atoms with Gasteiger partial charge in [-0.3, -0.25) is 14.4 Å². The van der Waals surface area contributed by atoms with Gasteiger partial charge < -0.3 is 15.4 Å². The number of ether oxygens (including phenoxy) is 1. The number of hydrogen-bond acceptors (Lipinski definition) is 4. The summed E-state index contributed by atoms with van der Waals surface area (Å²) in [4.78, 5) is 35.1. The lowest BCUT2D eigenvalue weighted by molar-refractivity contribution is -0.146. The predicted octanol–water partition coefficient (Wildman–Crippen LogP) is 2.50. The Kier molecular flexibility index (Phi) is 6.64. The molecule has 0 aliphatic carbocycles. The Labute approximate surface area is 151 Å². The summed E-state index contributed by atoms with van der Waals surface area (Å²) in [5.41, 5.74) is 0.627. The van der Waals surface area contributed by atoms with Crippen LogP contribution >= 0.6 is 15.9 Å². The number of rotatable bonds is 6. The van der Waals surface area contributed by atoms with Crippen LogP contribution in [-0.4, -0.2) is 30.9 Å². The van der Waals surface area contributed by atoms with Crippen molar-refractivity contribution < 1.29 is 23.5 Å². The number of carbonyl (C=O) groups excluding carboxylic acids is 3. The average molecular weight is 409 g/mol. The van der Waals surface area contributed by atoms with Crippen molar-refractivity contribution in [3.05, 3.63) is 64.4 Å². The fourth-order valence-electron chi connectivity index (χ4n) is 1.85. The summed E-state index contributed by atoms with van der Waals surface area (Å²) >= 11 is 3.23. The molecule has 0 radical (unpaired) electrons. The van der Waals surface area contributed by atoms with E-state index in [1.54, 1.807) is 24.3 Å². The van der Waals surface area contributed by atoms with E-state index in [1.807, 2.05) is 0 Å². The van der Waals surface area contributed by atoms with E-state index < -0.39 is 30.2 Å². The van der Waals surface area contributed by atoms with Crippen LogP contribution in [0, 0.1) is 5.82 Å². The Morgan fingerprint density at radius 1 is 1.08 bits per heavy atom. The van der Waals surface area contributed by atoms with Crippen LogP contribution in [0.2, 0.25) is 0 Å². The van der Waals surface area contributed by atoms with Crippen molar-refractivity contribution in [3.63, 3.8) is 0 Å². The zero-order valence-corrected chi connectivity index (χ0v) is 14.5. The van der Waals surface area contributed by atoms with Gasteiger partial charge in [0.05, 0.1) is 5.56 Å². The SMILES string of the molecule is O=C(COC(=O)CNC(=O)c1ccccc1Br)Nc1cccc(F)c1. The van der Waals surface area contributed by atoms with E-state index in [4.69, 9.17) is 4.74 Å². The van der Waals surface area contributed by atoms with Gasteiger partial charge in [-0.25, -0.2) is 4.39 Å². The zero-order chi connectivity index (χ0) is 18.2. The van der Waals surface area contributed by atoms with Gasteiger partial charge in [0.2, 0.25) is 0 Å². The maximum atomic E-state index is 13.0. The predicted molar refractivity (Wildman–Crippen MR) is 92.5 cm³/mol. The van der Waals surface area contributed by atoms with Crippen LogP contribution in [0.5, 0.6) is 0 Å². The molecule has 2 rings (SSSR count). The molecule has 0 aliphatic rings. The minimum Gasteiger partial charge on any atom is -0.454 e. The lowest BCUT2D eigenvalue weighted by Gasteiger charge is -2.08. The largest absolute Gasteiger partial charge is 0.454 e. The maximum Gasteiger partial charge on any atom is 0.325 e. The molecule has 0 saturated heterocycles. The van der Waals surface area contributed by atoms with Gasteiger partial charge >= 0.3 is 5.97 Å². The van der Waals surface area contributed by atoms with Gasteiger partial charge in [-0.05, 0) is 46.3 Å². The van der Waals surface area contributed by atoms with Crippen LogP contribution in [0.25, 0.3) is 0 Å². The first-order valence-electron chi connectivity index (χ1n) is 7.19. The second-order valence-electron chi connectivity index (χ2n) is 4.88. The highest BCUT2D eigenvalue weighted by Gasteiger charge is 2.12. The van der Waals surface area contributed by atoms with Crippen LogP contribution in [0.3, 0.4) is 0 Å². The van der Waals surface area contributed by atoms with Gasteiger partial charge in [0, 0.05) is 10.2 Å². The van der Waals surface area contributed by atoms with Crippen LogP contribution in [-0.2, 0) is 14.3 Å². The summed E-state index contributed by atoms with van der Waals surface area (Å²) < 4.78 is 18.3. The lowest BCUT2D eigenvalue weighted by Crippen LogP contribution is -2.32. The van der Waals surface area contributed by atoms with Crippen LogP contribution < -0.4 is 10.6 Å². The zero-order valence-electron chi connectivity index (χ0n) is 12.9.